The standard InChI is InChI=1S/C61H87F2N7O6Si/c1-41(2)77(42(3)4,43(5)6)32-17-47-50(62)14-13-45-33-46(75-40-73-11)34-48(51(45)47)53-52(63)54-49(35-64-53)55(70-25-12-18-59(10,72)37-70)66-56(65-54)74-39-61(21-22-61)38-68-30-28-67(29-31-68)36-44-15-19-60(20-16-44)23-26-69(27-24-60)57(71)76-58(7,8)9/h13-14,33-35,41-44,72H,12,15-16,18-31,36-40H2,1-11H3/t59-/m1/s1. The average Bonchev–Trinajstić information content (AvgIpc) is 4.15. The molecule has 2 aromatic carbocycles. The summed E-state index contributed by atoms with van der Waals surface area (Å²) in [7, 11) is -0.781. The first kappa shape index (κ1) is 57.0. The summed E-state index contributed by atoms with van der Waals surface area (Å²) < 4.78 is 57.9. The van der Waals surface area contributed by atoms with Crippen LogP contribution in [-0.4, -0.2) is 146 Å². The number of aliphatic hydroxyl groups is 1. The van der Waals surface area contributed by atoms with E-state index in [1.54, 1.807) is 24.4 Å². The van der Waals surface area contributed by atoms with Crippen molar-refractivity contribution >= 4 is 41.7 Å². The number of carbonyl (C=O) groups is 1. The number of nitrogens with zero attached hydrogens (tertiary/aromatic N) is 7. The Morgan fingerprint density at radius 3 is 2.17 bits per heavy atom. The van der Waals surface area contributed by atoms with Crippen molar-refractivity contribution in [1.82, 2.24) is 29.7 Å². The molecule has 2 saturated carbocycles. The molecule has 0 radical (unpaired) electrons. The molecular formula is C61H87F2N7O6Si. The van der Waals surface area contributed by atoms with Crippen LogP contribution in [0.5, 0.6) is 11.8 Å². The highest BCUT2D eigenvalue weighted by Gasteiger charge is 2.46. The van der Waals surface area contributed by atoms with Crippen LogP contribution in [-0.2, 0) is 9.47 Å². The van der Waals surface area contributed by atoms with Crippen LogP contribution >= 0.6 is 0 Å². The third-order valence-corrected chi connectivity index (χ3v) is 24.5. The molecule has 13 nitrogen and oxygen atoms in total. The van der Waals surface area contributed by atoms with Crippen LogP contribution < -0.4 is 14.4 Å². The highest BCUT2D eigenvalue weighted by atomic mass is 28.3. The molecule has 9 rings (SSSR count). The summed E-state index contributed by atoms with van der Waals surface area (Å²) in [6, 6.07) is 6.65. The van der Waals surface area contributed by atoms with E-state index in [4.69, 9.17) is 33.9 Å². The minimum Gasteiger partial charge on any atom is -0.468 e. The van der Waals surface area contributed by atoms with Crippen molar-refractivity contribution in [3.05, 3.63) is 47.7 Å². The van der Waals surface area contributed by atoms with Gasteiger partial charge < -0.3 is 43.7 Å². The second-order valence-electron chi connectivity index (χ2n) is 26.0. The van der Waals surface area contributed by atoms with Gasteiger partial charge in [0.05, 0.1) is 23.2 Å². The Morgan fingerprint density at radius 2 is 1.55 bits per heavy atom. The fourth-order valence-corrected chi connectivity index (χ4v) is 18.8. The molecule has 2 aliphatic carbocycles. The lowest BCUT2D eigenvalue weighted by molar-refractivity contribution is -0.000933. The maximum absolute atomic E-state index is 17.9. The summed E-state index contributed by atoms with van der Waals surface area (Å²) in [6.45, 7) is 30.0. The van der Waals surface area contributed by atoms with E-state index >= 15 is 8.78 Å². The fourth-order valence-electron chi connectivity index (χ4n) is 13.6. The van der Waals surface area contributed by atoms with E-state index in [1.807, 2.05) is 37.5 Å². The lowest BCUT2D eigenvalue weighted by Gasteiger charge is -2.47. The number of hydrogen-bond acceptors (Lipinski definition) is 12. The van der Waals surface area contributed by atoms with Crippen molar-refractivity contribution in [3.8, 4) is 34.5 Å². The first-order valence-corrected chi connectivity index (χ1v) is 31.1. The van der Waals surface area contributed by atoms with Gasteiger partial charge in [0, 0.05) is 95.1 Å². The molecule has 4 aromatic rings. The summed E-state index contributed by atoms with van der Waals surface area (Å²) in [5.41, 5.74) is 4.05. The predicted molar refractivity (Wildman–Crippen MR) is 304 cm³/mol. The van der Waals surface area contributed by atoms with Gasteiger partial charge in [-0.3, -0.25) is 4.98 Å². The molecule has 5 aliphatic rings. The van der Waals surface area contributed by atoms with Crippen LogP contribution in [0.25, 0.3) is 32.9 Å². The zero-order valence-electron chi connectivity index (χ0n) is 48.1. The summed E-state index contributed by atoms with van der Waals surface area (Å²) >= 11 is 0. The van der Waals surface area contributed by atoms with Crippen LogP contribution in [0.3, 0.4) is 0 Å². The van der Waals surface area contributed by atoms with Gasteiger partial charge in [0.25, 0.3) is 0 Å². The molecule has 0 unspecified atom stereocenters. The molecule has 420 valence electrons. The van der Waals surface area contributed by atoms with Gasteiger partial charge in [-0.15, -0.1) is 5.54 Å². The molecule has 1 amide bonds. The van der Waals surface area contributed by atoms with Crippen LogP contribution in [0, 0.1) is 39.8 Å². The molecule has 2 aromatic heterocycles. The van der Waals surface area contributed by atoms with Crippen LogP contribution in [0.4, 0.5) is 19.4 Å². The van der Waals surface area contributed by atoms with Crippen LogP contribution in [0.15, 0.2) is 30.5 Å². The molecule has 16 heteroatoms. The van der Waals surface area contributed by atoms with Crippen molar-refractivity contribution in [2.24, 2.45) is 16.7 Å². The first-order valence-electron chi connectivity index (χ1n) is 28.8. The summed E-state index contributed by atoms with van der Waals surface area (Å²) in [4.78, 5) is 36.5. The molecule has 5 heterocycles. The lowest BCUT2D eigenvalue weighted by atomic mass is 9.65. The normalized spacial score (nSPS) is 21.6. The van der Waals surface area contributed by atoms with E-state index in [0.29, 0.717) is 87.4 Å². The van der Waals surface area contributed by atoms with Gasteiger partial charge in [0.2, 0.25) is 0 Å². The summed E-state index contributed by atoms with van der Waals surface area (Å²) in [5.74, 6) is 3.75. The number of likely N-dealkylation sites (tertiary alicyclic amines) is 1. The smallest absolute Gasteiger partial charge is 0.410 e. The maximum Gasteiger partial charge on any atom is 0.410 e. The van der Waals surface area contributed by atoms with E-state index in [2.05, 4.69) is 62.8 Å². The predicted octanol–water partition coefficient (Wildman–Crippen LogP) is 12.0. The molecule has 3 saturated heterocycles. The van der Waals surface area contributed by atoms with E-state index in [-0.39, 0.29) is 41.1 Å². The monoisotopic (exact) mass is 1080 g/mol. The lowest BCUT2D eigenvalue weighted by Crippen LogP contribution is -2.50. The Balaban J connectivity index is 0.931. The van der Waals surface area contributed by atoms with E-state index < -0.39 is 30.9 Å². The third kappa shape index (κ3) is 12.7. The SMILES string of the molecule is COCOc1cc(-c2ncc3c(N4CCC[C@@](C)(O)C4)nc(OCC4(CN5CCN(CC6CCC7(CC6)CCN(C(=O)OC(C)(C)C)CC7)CC5)CC4)nc3c2F)c2c(C#C[Si](C(C)C)(C(C)C)C(C)C)c(F)ccc2c1. The van der Waals surface area contributed by atoms with Gasteiger partial charge in [0.1, 0.15) is 42.3 Å². The van der Waals surface area contributed by atoms with Gasteiger partial charge in [-0.05, 0) is 143 Å². The molecule has 1 atom stereocenters. The highest BCUT2D eigenvalue weighted by Crippen LogP contribution is 2.49. The van der Waals surface area contributed by atoms with E-state index in [1.165, 1.54) is 38.9 Å². The number of ether oxygens (including phenoxy) is 4. The fraction of sp³-hybridized carbons (Fsp3) is 0.672. The Hall–Kier alpha value is -4.66. The van der Waals surface area contributed by atoms with Crippen molar-refractivity contribution < 1.29 is 37.6 Å². The number of β-amino-alcohol motifs (C(OH)–C–C–N with tert-alkyl or cyclic N) is 1. The second kappa shape index (κ2) is 22.8. The number of carbonyl (C=O) groups excluding carboxylic acids is 1. The number of piperazine rings is 1. The number of hydrogen-bond donors (Lipinski definition) is 1. The van der Waals surface area contributed by atoms with Gasteiger partial charge in [-0.25, -0.2) is 13.6 Å². The number of anilines is 1. The van der Waals surface area contributed by atoms with Crippen LogP contribution in [0.1, 0.15) is 139 Å². The van der Waals surface area contributed by atoms with Gasteiger partial charge in [0.15, 0.2) is 12.6 Å². The third-order valence-electron chi connectivity index (χ3n) is 18.2. The van der Waals surface area contributed by atoms with Crippen LogP contribution in [0.2, 0.25) is 16.6 Å². The molecule has 1 N–H and O–H groups in total. The Labute approximate surface area is 458 Å². The maximum atomic E-state index is 17.9. The van der Waals surface area contributed by atoms with Gasteiger partial charge in [-0.1, -0.05) is 53.5 Å². The molecule has 1 spiro atoms. The number of halogens is 2. The van der Waals surface area contributed by atoms with Crippen molar-refractivity contribution in [1.29, 1.82) is 0 Å². The minimum atomic E-state index is -2.31. The molecular weight excluding hydrogens is 993 g/mol. The van der Waals surface area contributed by atoms with Gasteiger partial charge in [-0.2, -0.15) is 9.97 Å². The number of piperidine rings is 2. The summed E-state index contributed by atoms with van der Waals surface area (Å²) in [6.07, 6.45) is 12.0. The zero-order chi connectivity index (χ0) is 55.1. The molecule has 5 fully saturated rings. The minimum absolute atomic E-state index is 0.0250. The number of benzene rings is 2. The van der Waals surface area contributed by atoms with Crippen molar-refractivity contribution in [3.63, 3.8) is 0 Å². The van der Waals surface area contributed by atoms with Crippen molar-refractivity contribution in [2.45, 2.75) is 161 Å². The molecule has 0 bridgehead atoms. The Bertz CT molecular complexity index is 2790. The van der Waals surface area contributed by atoms with Gasteiger partial charge >= 0.3 is 12.1 Å². The van der Waals surface area contributed by atoms with Crippen molar-refractivity contribution in [2.75, 3.05) is 90.9 Å². The number of methoxy groups -OCH3 is 1. The number of amides is 1. The zero-order valence-corrected chi connectivity index (χ0v) is 49.1. The van der Waals surface area contributed by atoms with E-state index in [9.17, 15) is 9.90 Å². The average molecular weight is 1080 g/mol. The Morgan fingerprint density at radius 1 is 0.870 bits per heavy atom. The number of aromatic nitrogens is 3. The number of pyridine rings is 1. The topological polar surface area (TPSA) is 126 Å². The molecule has 3 aliphatic heterocycles. The second-order valence-corrected chi connectivity index (χ2v) is 31.6. The summed E-state index contributed by atoms with van der Waals surface area (Å²) in [5, 5.41) is 12.8. The Kier molecular flexibility index (Phi) is 16.9. The number of fused-ring (bicyclic) bond motifs is 2. The number of rotatable bonds is 15. The molecule has 77 heavy (non-hydrogen) atoms. The largest absolute Gasteiger partial charge is 0.468 e. The highest BCUT2D eigenvalue weighted by molar-refractivity contribution is 6.90. The quantitative estimate of drug-likeness (QED) is 0.0692. The first-order chi connectivity index (χ1) is 36.5. The van der Waals surface area contributed by atoms with E-state index in [0.717, 1.165) is 84.5 Å².